The zero-order chi connectivity index (χ0) is 20.1. The molecule has 28 heavy (non-hydrogen) atoms. The number of nitrogens with one attached hydrogen (secondary N) is 1. The number of aliphatic carboxylic acids is 1. The fraction of sp³-hybridized carbons (Fsp3) is 0.350. The molecule has 8 heteroatoms. The van der Waals surface area contributed by atoms with Crippen molar-refractivity contribution in [3.8, 4) is 0 Å². The fourth-order valence-corrected chi connectivity index (χ4v) is 3.12. The molecule has 2 amide bonds. The molecule has 0 aliphatic carbocycles. The molecule has 8 nitrogen and oxygen atoms in total. The first-order chi connectivity index (χ1) is 13.5. The van der Waals surface area contributed by atoms with Crippen LogP contribution < -0.4 is 5.32 Å². The van der Waals surface area contributed by atoms with Crippen LogP contribution in [0.25, 0.3) is 0 Å². The van der Waals surface area contributed by atoms with Crippen LogP contribution in [0, 0.1) is 5.92 Å². The van der Waals surface area contributed by atoms with Crippen LogP contribution in [0.3, 0.4) is 0 Å². The van der Waals surface area contributed by atoms with Crippen LogP contribution in [0.4, 0.5) is 5.69 Å². The van der Waals surface area contributed by atoms with Crippen LogP contribution in [-0.4, -0.2) is 48.0 Å². The van der Waals surface area contributed by atoms with E-state index < -0.39 is 11.9 Å². The average Bonchev–Trinajstić information content (AvgIpc) is 3.17. The third-order valence-electron chi connectivity index (χ3n) is 4.69. The number of ether oxygens (including phenoxy) is 1. The molecular formula is C20H22N2O6. The predicted octanol–water partition coefficient (Wildman–Crippen LogP) is 2.62. The van der Waals surface area contributed by atoms with Gasteiger partial charge in [-0.05, 0) is 49.2 Å². The van der Waals surface area contributed by atoms with Gasteiger partial charge in [-0.2, -0.15) is 0 Å². The molecule has 1 aliphatic rings. The largest absolute Gasteiger partial charge is 0.481 e. The first kappa shape index (κ1) is 19.6. The highest BCUT2D eigenvalue weighted by Gasteiger charge is 2.27. The summed E-state index contributed by atoms with van der Waals surface area (Å²) in [4.78, 5) is 37.4. The second-order valence-corrected chi connectivity index (χ2v) is 6.64. The SMILES string of the molecule is COCc1ccc(C(=O)Nc2ccc(C(=O)N3CCC(C(=O)O)CC3)cc2)o1. The summed E-state index contributed by atoms with van der Waals surface area (Å²) in [6.07, 6.45) is 0.923. The number of piperidine rings is 1. The van der Waals surface area contributed by atoms with Crippen molar-refractivity contribution in [1.29, 1.82) is 0 Å². The van der Waals surface area contributed by atoms with E-state index in [-0.39, 0.29) is 24.2 Å². The lowest BCUT2D eigenvalue weighted by atomic mass is 9.96. The van der Waals surface area contributed by atoms with E-state index in [4.69, 9.17) is 14.3 Å². The number of rotatable bonds is 6. The Labute approximate surface area is 162 Å². The van der Waals surface area contributed by atoms with Crippen molar-refractivity contribution in [2.45, 2.75) is 19.4 Å². The maximum atomic E-state index is 12.6. The van der Waals surface area contributed by atoms with Gasteiger partial charge in [0.2, 0.25) is 0 Å². The molecule has 1 saturated heterocycles. The number of benzene rings is 1. The molecule has 2 aromatic rings. The van der Waals surface area contributed by atoms with Crippen molar-refractivity contribution in [3.05, 3.63) is 53.5 Å². The van der Waals surface area contributed by atoms with Crippen LogP contribution in [0.15, 0.2) is 40.8 Å². The molecule has 2 heterocycles. The highest BCUT2D eigenvalue weighted by molar-refractivity contribution is 6.02. The summed E-state index contributed by atoms with van der Waals surface area (Å²) in [7, 11) is 1.54. The van der Waals surface area contributed by atoms with Gasteiger partial charge < -0.3 is 24.5 Å². The van der Waals surface area contributed by atoms with E-state index in [0.29, 0.717) is 42.9 Å². The Hall–Kier alpha value is -3.13. The van der Waals surface area contributed by atoms with Gasteiger partial charge in [0.25, 0.3) is 11.8 Å². The number of furan rings is 1. The Bertz CT molecular complexity index is 850. The molecule has 0 saturated carbocycles. The zero-order valence-corrected chi connectivity index (χ0v) is 15.5. The first-order valence-electron chi connectivity index (χ1n) is 8.99. The Morgan fingerprint density at radius 3 is 2.43 bits per heavy atom. The number of nitrogens with zero attached hydrogens (tertiary/aromatic N) is 1. The van der Waals surface area contributed by atoms with Gasteiger partial charge in [0, 0.05) is 31.5 Å². The minimum atomic E-state index is -0.807. The molecule has 148 valence electrons. The molecule has 1 aromatic carbocycles. The molecule has 0 unspecified atom stereocenters. The van der Waals surface area contributed by atoms with Crippen molar-refractivity contribution in [2.24, 2.45) is 5.92 Å². The Kier molecular flexibility index (Phi) is 6.10. The molecule has 3 rings (SSSR count). The van der Waals surface area contributed by atoms with Gasteiger partial charge in [-0.25, -0.2) is 0 Å². The van der Waals surface area contributed by atoms with Gasteiger partial charge in [-0.3, -0.25) is 14.4 Å². The summed E-state index contributed by atoms with van der Waals surface area (Å²) in [6.45, 7) is 1.14. The minimum Gasteiger partial charge on any atom is -0.481 e. The molecule has 0 radical (unpaired) electrons. The van der Waals surface area contributed by atoms with Crippen LogP contribution in [0.2, 0.25) is 0 Å². The average molecular weight is 386 g/mol. The van der Waals surface area contributed by atoms with E-state index in [2.05, 4.69) is 5.32 Å². The van der Waals surface area contributed by atoms with Gasteiger partial charge in [0.05, 0.1) is 5.92 Å². The number of likely N-dealkylation sites (tertiary alicyclic amines) is 1. The van der Waals surface area contributed by atoms with E-state index in [0.717, 1.165) is 0 Å². The molecule has 0 bridgehead atoms. The highest BCUT2D eigenvalue weighted by Crippen LogP contribution is 2.20. The number of carbonyl (C=O) groups excluding carboxylic acids is 2. The second-order valence-electron chi connectivity index (χ2n) is 6.64. The quantitative estimate of drug-likeness (QED) is 0.790. The third kappa shape index (κ3) is 4.58. The topological polar surface area (TPSA) is 109 Å². The molecule has 0 spiro atoms. The molecule has 1 aliphatic heterocycles. The zero-order valence-electron chi connectivity index (χ0n) is 15.5. The molecule has 2 N–H and O–H groups in total. The Morgan fingerprint density at radius 2 is 1.82 bits per heavy atom. The van der Waals surface area contributed by atoms with Crippen LogP contribution in [-0.2, 0) is 16.1 Å². The van der Waals surface area contributed by atoms with Gasteiger partial charge in [0.15, 0.2) is 5.76 Å². The lowest BCUT2D eigenvalue weighted by Crippen LogP contribution is -2.40. The van der Waals surface area contributed by atoms with E-state index in [1.807, 2.05) is 0 Å². The van der Waals surface area contributed by atoms with Crippen molar-refractivity contribution in [3.63, 3.8) is 0 Å². The number of carbonyl (C=O) groups is 3. The summed E-state index contributed by atoms with van der Waals surface area (Å²) in [5, 5.41) is 11.8. The van der Waals surface area contributed by atoms with E-state index in [1.165, 1.54) is 0 Å². The smallest absolute Gasteiger partial charge is 0.306 e. The maximum Gasteiger partial charge on any atom is 0.306 e. The monoisotopic (exact) mass is 386 g/mol. The third-order valence-corrected chi connectivity index (χ3v) is 4.69. The minimum absolute atomic E-state index is 0.142. The fourth-order valence-electron chi connectivity index (χ4n) is 3.12. The van der Waals surface area contributed by atoms with Crippen molar-refractivity contribution in [1.82, 2.24) is 4.90 Å². The van der Waals surface area contributed by atoms with Crippen LogP contribution in [0.1, 0.15) is 39.5 Å². The molecule has 1 aromatic heterocycles. The summed E-state index contributed by atoms with van der Waals surface area (Å²) in [5.41, 5.74) is 1.03. The number of anilines is 1. The van der Waals surface area contributed by atoms with Crippen molar-refractivity contribution >= 4 is 23.5 Å². The van der Waals surface area contributed by atoms with Gasteiger partial charge >= 0.3 is 5.97 Å². The summed E-state index contributed by atoms with van der Waals surface area (Å²) >= 11 is 0. The lowest BCUT2D eigenvalue weighted by Gasteiger charge is -2.30. The molecule has 0 atom stereocenters. The first-order valence-corrected chi connectivity index (χ1v) is 8.99. The number of hydrogen-bond donors (Lipinski definition) is 2. The van der Waals surface area contributed by atoms with E-state index in [9.17, 15) is 14.4 Å². The van der Waals surface area contributed by atoms with Crippen LogP contribution in [0.5, 0.6) is 0 Å². The van der Waals surface area contributed by atoms with Crippen molar-refractivity contribution < 1.29 is 28.6 Å². The Balaban J connectivity index is 1.57. The van der Waals surface area contributed by atoms with Crippen molar-refractivity contribution in [2.75, 3.05) is 25.5 Å². The van der Waals surface area contributed by atoms with E-state index in [1.54, 1.807) is 48.4 Å². The highest BCUT2D eigenvalue weighted by atomic mass is 16.5. The van der Waals surface area contributed by atoms with Crippen LogP contribution >= 0.6 is 0 Å². The summed E-state index contributed by atoms with van der Waals surface area (Å²) in [5.74, 6) is -0.992. The second kappa shape index (κ2) is 8.71. The summed E-state index contributed by atoms with van der Waals surface area (Å²) < 4.78 is 10.3. The normalized spacial score (nSPS) is 14.7. The van der Waals surface area contributed by atoms with Gasteiger partial charge in [0.1, 0.15) is 12.4 Å². The number of amides is 2. The number of methoxy groups -OCH3 is 1. The number of carboxylic acid groups (broad SMARTS) is 1. The Morgan fingerprint density at radius 1 is 1.14 bits per heavy atom. The van der Waals surface area contributed by atoms with Gasteiger partial charge in [-0.1, -0.05) is 0 Å². The van der Waals surface area contributed by atoms with Gasteiger partial charge in [-0.15, -0.1) is 0 Å². The lowest BCUT2D eigenvalue weighted by molar-refractivity contribution is -0.143. The number of carboxylic acids is 1. The molecular weight excluding hydrogens is 364 g/mol. The van der Waals surface area contributed by atoms with E-state index >= 15 is 0 Å². The number of hydrogen-bond acceptors (Lipinski definition) is 5. The standard InChI is InChI=1S/C20H22N2O6/c1-27-12-16-6-7-17(28-16)18(23)21-15-4-2-13(3-5-15)19(24)22-10-8-14(9-11-22)20(25)26/h2-7,14H,8-12H2,1H3,(H,21,23)(H,25,26). The maximum absolute atomic E-state index is 12.6. The predicted molar refractivity (Wildman–Crippen MR) is 100 cm³/mol. The summed E-state index contributed by atoms with van der Waals surface area (Å²) in [6, 6.07) is 9.82. The molecule has 1 fully saturated rings.